The van der Waals surface area contributed by atoms with Crippen LogP contribution >= 0.6 is 0 Å². The van der Waals surface area contributed by atoms with Crippen molar-refractivity contribution in [3.8, 4) is 5.75 Å². The molecular weight excluding hydrogens is 318 g/mol. The van der Waals surface area contributed by atoms with Crippen molar-refractivity contribution in [1.82, 2.24) is 19.9 Å². The number of hydrogen-bond donors (Lipinski definition) is 2. The van der Waals surface area contributed by atoms with Crippen molar-refractivity contribution in [2.45, 2.75) is 33.4 Å². The summed E-state index contributed by atoms with van der Waals surface area (Å²) in [6, 6.07) is 10.9. The third-order valence-electron chi connectivity index (χ3n) is 3.45. The van der Waals surface area contributed by atoms with Crippen LogP contribution in [0.1, 0.15) is 25.1 Å². The molecule has 3 aromatic rings. The summed E-state index contributed by atoms with van der Waals surface area (Å²) >= 11 is 0. The Morgan fingerprint density at radius 2 is 2.12 bits per heavy atom. The van der Waals surface area contributed by atoms with E-state index in [0.29, 0.717) is 18.0 Å². The number of anilines is 1. The van der Waals surface area contributed by atoms with Crippen molar-refractivity contribution >= 4 is 17.5 Å². The number of aryl methyl sites for hydroxylation is 1. The molecule has 0 aliphatic heterocycles. The van der Waals surface area contributed by atoms with Crippen LogP contribution in [0.25, 0.3) is 5.65 Å². The van der Waals surface area contributed by atoms with Crippen molar-refractivity contribution in [1.29, 1.82) is 0 Å². The number of hydrogen-bond acceptors (Lipinski definition) is 4. The van der Waals surface area contributed by atoms with Crippen LogP contribution in [0.15, 0.2) is 42.6 Å². The number of nitrogens with one attached hydrogen (secondary N) is 2. The van der Waals surface area contributed by atoms with E-state index in [9.17, 15) is 4.79 Å². The second-order valence-electron chi connectivity index (χ2n) is 6.01. The van der Waals surface area contributed by atoms with Crippen molar-refractivity contribution in [2.24, 2.45) is 0 Å². The summed E-state index contributed by atoms with van der Waals surface area (Å²) in [5.74, 6) is 1.35. The number of rotatable bonds is 5. The minimum absolute atomic E-state index is 0.109. The minimum atomic E-state index is -0.309. The molecule has 0 saturated heterocycles. The Balaban J connectivity index is 1.63. The SMILES string of the molecule is Cc1cc2nccc(NC(=O)NCc3cccc(OC(C)C)c3)n2n1. The predicted molar refractivity (Wildman–Crippen MR) is 95.8 cm³/mol. The average Bonchev–Trinajstić information content (AvgIpc) is 2.94. The molecule has 0 fully saturated rings. The van der Waals surface area contributed by atoms with Gasteiger partial charge in [0.15, 0.2) is 5.65 Å². The lowest BCUT2D eigenvalue weighted by molar-refractivity contribution is 0.242. The highest BCUT2D eigenvalue weighted by Crippen LogP contribution is 2.15. The van der Waals surface area contributed by atoms with Crippen molar-refractivity contribution < 1.29 is 9.53 Å². The second kappa shape index (κ2) is 7.21. The summed E-state index contributed by atoms with van der Waals surface area (Å²) in [6.45, 7) is 6.23. The highest BCUT2D eigenvalue weighted by Gasteiger charge is 2.08. The molecule has 0 atom stereocenters. The maximum Gasteiger partial charge on any atom is 0.320 e. The molecule has 0 aliphatic rings. The van der Waals surface area contributed by atoms with Crippen LogP contribution < -0.4 is 15.4 Å². The summed E-state index contributed by atoms with van der Waals surface area (Å²) in [7, 11) is 0. The fourth-order valence-electron chi connectivity index (χ4n) is 2.45. The maximum absolute atomic E-state index is 12.2. The number of aromatic nitrogens is 3. The zero-order valence-corrected chi connectivity index (χ0v) is 14.5. The van der Waals surface area contributed by atoms with Crippen molar-refractivity contribution in [2.75, 3.05) is 5.32 Å². The number of fused-ring (bicyclic) bond motifs is 1. The first-order chi connectivity index (χ1) is 12.0. The Hall–Kier alpha value is -3.09. The molecule has 3 rings (SSSR count). The molecule has 0 unspecified atom stereocenters. The van der Waals surface area contributed by atoms with Crippen LogP contribution in [0.2, 0.25) is 0 Å². The number of ether oxygens (including phenoxy) is 1. The summed E-state index contributed by atoms with van der Waals surface area (Å²) < 4.78 is 7.26. The molecule has 7 nitrogen and oxygen atoms in total. The quantitative estimate of drug-likeness (QED) is 0.748. The van der Waals surface area contributed by atoms with Gasteiger partial charge in [-0.3, -0.25) is 5.32 Å². The van der Waals surface area contributed by atoms with E-state index in [4.69, 9.17) is 4.74 Å². The van der Waals surface area contributed by atoms with Gasteiger partial charge in [0.2, 0.25) is 0 Å². The Kier molecular flexibility index (Phi) is 4.83. The normalized spacial score (nSPS) is 10.9. The van der Waals surface area contributed by atoms with Gasteiger partial charge in [-0.2, -0.15) is 9.61 Å². The molecule has 2 heterocycles. The summed E-state index contributed by atoms with van der Waals surface area (Å²) in [4.78, 5) is 16.4. The molecule has 25 heavy (non-hydrogen) atoms. The van der Waals surface area contributed by atoms with Gasteiger partial charge in [-0.25, -0.2) is 9.78 Å². The molecule has 0 spiro atoms. The van der Waals surface area contributed by atoms with Gasteiger partial charge in [-0.05, 0) is 44.5 Å². The van der Waals surface area contributed by atoms with Gasteiger partial charge in [0.1, 0.15) is 11.6 Å². The summed E-state index contributed by atoms with van der Waals surface area (Å²) in [6.07, 6.45) is 1.75. The molecule has 0 radical (unpaired) electrons. The first-order valence-electron chi connectivity index (χ1n) is 8.13. The Labute approximate surface area is 146 Å². The van der Waals surface area contributed by atoms with Crippen molar-refractivity contribution in [3.63, 3.8) is 0 Å². The topological polar surface area (TPSA) is 80.5 Å². The Morgan fingerprint density at radius 1 is 1.28 bits per heavy atom. The molecule has 1 aromatic carbocycles. The van der Waals surface area contributed by atoms with E-state index in [2.05, 4.69) is 20.7 Å². The van der Waals surface area contributed by atoms with Gasteiger partial charge < -0.3 is 10.1 Å². The van der Waals surface area contributed by atoms with Crippen LogP contribution in [0.4, 0.5) is 10.6 Å². The summed E-state index contributed by atoms with van der Waals surface area (Å²) in [5, 5.41) is 9.95. The van der Waals surface area contributed by atoms with E-state index in [0.717, 1.165) is 17.0 Å². The van der Waals surface area contributed by atoms with E-state index in [-0.39, 0.29) is 12.1 Å². The summed E-state index contributed by atoms with van der Waals surface area (Å²) in [5.41, 5.74) is 2.49. The lowest BCUT2D eigenvalue weighted by Crippen LogP contribution is -2.29. The zero-order chi connectivity index (χ0) is 17.8. The highest BCUT2D eigenvalue weighted by molar-refractivity contribution is 5.88. The molecular formula is C18H21N5O2. The maximum atomic E-state index is 12.2. The molecule has 7 heteroatoms. The molecule has 2 aromatic heterocycles. The van der Waals surface area contributed by atoms with Crippen LogP contribution in [-0.4, -0.2) is 26.7 Å². The largest absolute Gasteiger partial charge is 0.491 e. The van der Waals surface area contributed by atoms with E-state index in [1.165, 1.54) is 0 Å². The molecule has 0 saturated carbocycles. The fraction of sp³-hybridized carbons (Fsp3) is 0.278. The second-order valence-corrected chi connectivity index (χ2v) is 6.01. The van der Waals surface area contributed by atoms with Gasteiger partial charge in [-0.1, -0.05) is 12.1 Å². The van der Waals surface area contributed by atoms with Gasteiger partial charge >= 0.3 is 6.03 Å². The number of nitrogens with zero attached hydrogens (tertiary/aromatic N) is 3. The number of benzene rings is 1. The van der Waals surface area contributed by atoms with Crippen LogP contribution in [-0.2, 0) is 6.54 Å². The first-order valence-corrected chi connectivity index (χ1v) is 8.13. The number of carbonyl (C=O) groups excluding carboxylic acids is 1. The zero-order valence-electron chi connectivity index (χ0n) is 14.5. The monoisotopic (exact) mass is 339 g/mol. The molecule has 130 valence electrons. The van der Waals surface area contributed by atoms with Crippen LogP contribution in [0.3, 0.4) is 0 Å². The number of urea groups is 1. The van der Waals surface area contributed by atoms with Gasteiger partial charge in [0.05, 0.1) is 11.8 Å². The smallest absolute Gasteiger partial charge is 0.320 e. The fourth-order valence-corrected chi connectivity index (χ4v) is 2.45. The molecule has 0 bridgehead atoms. The number of amides is 2. The number of carbonyl (C=O) groups is 1. The van der Waals surface area contributed by atoms with Crippen LogP contribution in [0, 0.1) is 6.92 Å². The van der Waals surface area contributed by atoms with E-state index < -0.39 is 0 Å². The molecule has 0 aliphatic carbocycles. The Bertz CT molecular complexity index is 888. The van der Waals surface area contributed by atoms with E-state index >= 15 is 0 Å². The molecule has 2 amide bonds. The minimum Gasteiger partial charge on any atom is -0.491 e. The lowest BCUT2D eigenvalue weighted by atomic mass is 10.2. The highest BCUT2D eigenvalue weighted by atomic mass is 16.5. The van der Waals surface area contributed by atoms with E-state index in [1.54, 1.807) is 16.8 Å². The average molecular weight is 339 g/mol. The molecule has 2 N–H and O–H groups in total. The van der Waals surface area contributed by atoms with E-state index in [1.807, 2.05) is 51.1 Å². The first kappa shape index (κ1) is 16.8. The lowest BCUT2D eigenvalue weighted by Gasteiger charge is -2.12. The predicted octanol–water partition coefficient (Wildman–Crippen LogP) is 3.15. The van der Waals surface area contributed by atoms with Gasteiger partial charge in [-0.15, -0.1) is 0 Å². The van der Waals surface area contributed by atoms with Gasteiger partial charge in [0.25, 0.3) is 0 Å². The third-order valence-corrected chi connectivity index (χ3v) is 3.45. The third kappa shape index (κ3) is 4.26. The Morgan fingerprint density at radius 3 is 2.92 bits per heavy atom. The van der Waals surface area contributed by atoms with Crippen molar-refractivity contribution in [3.05, 3.63) is 53.9 Å². The van der Waals surface area contributed by atoms with Gasteiger partial charge in [0, 0.05) is 18.8 Å². The standard InChI is InChI=1S/C18H21N5O2/c1-12(2)25-15-6-4-5-14(10-15)11-20-18(24)21-16-7-8-19-17-9-13(3)22-23(16)17/h4-10,12H,11H2,1-3H3,(H2,20,21,24). The van der Waals surface area contributed by atoms with Crippen LogP contribution in [0.5, 0.6) is 5.75 Å².